The van der Waals surface area contributed by atoms with E-state index in [0.29, 0.717) is 6.61 Å². The first kappa shape index (κ1) is 16.0. The lowest BCUT2D eigenvalue weighted by Gasteiger charge is -2.17. The van der Waals surface area contributed by atoms with Crippen molar-refractivity contribution in [1.29, 1.82) is 0 Å². The van der Waals surface area contributed by atoms with Gasteiger partial charge in [0, 0.05) is 0 Å². The van der Waals surface area contributed by atoms with Gasteiger partial charge in [0.1, 0.15) is 0 Å². The van der Waals surface area contributed by atoms with Crippen molar-refractivity contribution in [2.24, 2.45) is 5.41 Å². The maximum absolute atomic E-state index is 8.52. The largest absolute Gasteiger partial charge is 0.394 e. The predicted octanol–water partition coefficient (Wildman–Crippen LogP) is 1.48. The van der Waals surface area contributed by atoms with E-state index in [4.69, 9.17) is 30.9 Å². The minimum atomic E-state index is -1.69. The molecule has 0 bridgehead atoms. The molecule has 82 valence electrons. The molecule has 0 radical (unpaired) electrons. The molecule has 1 unspecified atom stereocenters. The van der Waals surface area contributed by atoms with E-state index in [1.807, 2.05) is 20.8 Å². The zero-order valence-electron chi connectivity index (χ0n) is 8.20. The number of halogens is 1. The van der Waals surface area contributed by atoms with E-state index in [2.05, 4.69) is 0 Å². The summed E-state index contributed by atoms with van der Waals surface area (Å²) in [5, 5.41) is 15.2. The zero-order valence-corrected chi connectivity index (χ0v) is 9.85. The second kappa shape index (κ2) is 9.13. The lowest BCUT2D eigenvalue weighted by molar-refractivity contribution is 0.186. The van der Waals surface area contributed by atoms with E-state index in [0.717, 1.165) is 0 Å². The molecule has 0 saturated heterocycles. The summed E-state index contributed by atoms with van der Waals surface area (Å²) < 4.78 is 4.79. The van der Waals surface area contributed by atoms with Gasteiger partial charge >= 0.3 is 0 Å². The van der Waals surface area contributed by atoms with Gasteiger partial charge < -0.3 is 19.6 Å². The number of aliphatic hydroxyl groups is 2. The molecule has 1 atom stereocenters. The van der Waals surface area contributed by atoms with Gasteiger partial charge in [-0.15, -0.1) is 0 Å². The third kappa shape index (κ3) is 24.5. The fourth-order valence-corrected chi connectivity index (χ4v) is 0.887. The highest BCUT2D eigenvalue weighted by molar-refractivity contribution is 7.75. The van der Waals surface area contributed by atoms with Gasteiger partial charge in [-0.05, 0) is 16.7 Å². The van der Waals surface area contributed by atoms with Gasteiger partial charge in [-0.3, -0.25) is 0 Å². The molecule has 0 aliphatic heterocycles. The summed E-state index contributed by atoms with van der Waals surface area (Å²) in [7, 11) is -1.69. The summed E-state index contributed by atoms with van der Waals surface area (Å²) >= 11 is 5.18. The first-order valence-corrected chi connectivity index (χ1v) is 5.94. The van der Waals surface area contributed by atoms with E-state index in [1.54, 1.807) is 0 Å². The molecule has 0 aliphatic rings. The van der Waals surface area contributed by atoms with Crippen LogP contribution in [0.3, 0.4) is 0 Å². The number of hydrogen-bond acceptors (Lipinski definition) is 4. The lowest BCUT2D eigenvalue weighted by Crippen LogP contribution is -2.11. The highest BCUT2D eigenvalue weighted by Crippen LogP contribution is 2.38. The second-order valence-corrected chi connectivity index (χ2v) is 5.09. The average molecular weight is 233 g/mol. The number of aliphatic hydroxyl groups excluding tert-OH is 2. The van der Waals surface area contributed by atoms with Crippen LogP contribution in [0, 0.1) is 5.41 Å². The van der Waals surface area contributed by atoms with Crippen LogP contribution in [0.5, 0.6) is 0 Å². The SMILES string of the molecule is CC(C)(C)COP(O)Cl.OCCO. The highest BCUT2D eigenvalue weighted by Gasteiger charge is 2.12. The molecule has 0 heterocycles. The normalized spacial score (nSPS) is 13.2. The van der Waals surface area contributed by atoms with Crippen LogP contribution in [0.15, 0.2) is 0 Å². The molecule has 0 aliphatic carbocycles. The molecule has 4 nitrogen and oxygen atoms in total. The monoisotopic (exact) mass is 232 g/mol. The Morgan fingerprint density at radius 3 is 1.69 bits per heavy atom. The molecular weight excluding hydrogens is 214 g/mol. The van der Waals surface area contributed by atoms with E-state index in [1.165, 1.54) is 0 Å². The third-order valence-electron chi connectivity index (χ3n) is 0.704. The molecule has 0 aromatic heterocycles. The lowest BCUT2D eigenvalue weighted by atomic mass is 9.99. The van der Waals surface area contributed by atoms with Crippen LogP contribution < -0.4 is 0 Å². The van der Waals surface area contributed by atoms with Crippen LogP contribution in [0.1, 0.15) is 20.8 Å². The van der Waals surface area contributed by atoms with Crippen LogP contribution >= 0.6 is 19.0 Å². The van der Waals surface area contributed by atoms with Crippen molar-refractivity contribution in [3.05, 3.63) is 0 Å². The van der Waals surface area contributed by atoms with Crippen molar-refractivity contribution in [1.82, 2.24) is 0 Å². The summed E-state index contributed by atoms with van der Waals surface area (Å²) in [6, 6.07) is 0. The van der Waals surface area contributed by atoms with Crippen molar-refractivity contribution in [3.8, 4) is 0 Å². The molecule has 6 heteroatoms. The van der Waals surface area contributed by atoms with Crippen LogP contribution in [0.25, 0.3) is 0 Å². The summed E-state index contributed by atoms with van der Waals surface area (Å²) in [5.74, 6) is 0. The zero-order chi connectivity index (χ0) is 10.9. The van der Waals surface area contributed by atoms with Gasteiger partial charge in [-0.2, -0.15) is 0 Å². The molecule has 0 amide bonds. The van der Waals surface area contributed by atoms with E-state index >= 15 is 0 Å². The highest BCUT2D eigenvalue weighted by atomic mass is 35.7. The Labute approximate surface area is 85.2 Å². The summed E-state index contributed by atoms with van der Waals surface area (Å²) in [6.07, 6.45) is 0. The topological polar surface area (TPSA) is 69.9 Å². The minimum absolute atomic E-state index is 0.0816. The molecule has 3 N–H and O–H groups in total. The van der Waals surface area contributed by atoms with Crippen LogP contribution in [-0.2, 0) is 4.52 Å². The van der Waals surface area contributed by atoms with Crippen LogP contribution in [-0.4, -0.2) is 34.9 Å². The molecule has 0 rings (SSSR count). The molecule has 0 fully saturated rings. The fraction of sp³-hybridized carbons (Fsp3) is 1.00. The Bertz CT molecular complexity index is 103. The summed E-state index contributed by atoms with van der Waals surface area (Å²) in [4.78, 5) is 8.52. The Hall–Kier alpha value is 0.560. The van der Waals surface area contributed by atoms with E-state index in [9.17, 15) is 0 Å². The van der Waals surface area contributed by atoms with E-state index < -0.39 is 7.73 Å². The van der Waals surface area contributed by atoms with Gasteiger partial charge in [0.2, 0.25) is 0 Å². The molecule has 0 saturated carbocycles. The van der Waals surface area contributed by atoms with Crippen LogP contribution in [0.4, 0.5) is 0 Å². The van der Waals surface area contributed by atoms with Gasteiger partial charge in [0.15, 0.2) is 0 Å². The van der Waals surface area contributed by atoms with Crippen molar-refractivity contribution in [3.63, 3.8) is 0 Å². The standard InChI is InChI=1S/C5H12ClO2P.C2H6O2/c1-5(2,3)4-8-9(6)7;3-1-2-4/h7H,4H2,1-3H3;3-4H,1-2H2. The number of hydrogen-bond donors (Lipinski definition) is 3. The van der Waals surface area contributed by atoms with Crippen molar-refractivity contribution < 1.29 is 19.6 Å². The minimum Gasteiger partial charge on any atom is -0.394 e. The second-order valence-electron chi connectivity index (χ2n) is 3.51. The van der Waals surface area contributed by atoms with E-state index in [-0.39, 0.29) is 18.6 Å². The Morgan fingerprint density at radius 2 is 1.62 bits per heavy atom. The molecule has 0 aromatic rings. The summed E-state index contributed by atoms with van der Waals surface area (Å²) in [5.41, 5.74) is 0.0816. The Morgan fingerprint density at radius 1 is 1.23 bits per heavy atom. The van der Waals surface area contributed by atoms with Gasteiger partial charge in [-0.25, -0.2) is 0 Å². The van der Waals surface area contributed by atoms with Crippen molar-refractivity contribution in [2.45, 2.75) is 20.8 Å². The van der Waals surface area contributed by atoms with Crippen molar-refractivity contribution in [2.75, 3.05) is 19.8 Å². The third-order valence-corrected chi connectivity index (χ3v) is 1.34. The predicted molar refractivity (Wildman–Crippen MR) is 54.6 cm³/mol. The molecule has 13 heavy (non-hydrogen) atoms. The summed E-state index contributed by atoms with van der Waals surface area (Å²) in [6.45, 7) is 6.30. The molecule has 0 spiro atoms. The first-order chi connectivity index (χ1) is 5.83. The number of rotatable bonds is 3. The smallest absolute Gasteiger partial charge is 0.274 e. The van der Waals surface area contributed by atoms with Crippen LogP contribution in [0.2, 0.25) is 0 Å². The average Bonchev–Trinajstić information content (AvgIpc) is 2.00. The van der Waals surface area contributed by atoms with Gasteiger partial charge in [-0.1, -0.05) is 20.8 Å². The molecular formula is C7H18ClO4P. The Balaban J connectivity index is 0. The van der Waals surface area contributed by atoms with Gasteiger partial charge in [0.25, 0.3) is 7.73 Å². The Kier molecular flexibility index (Phi) is 11.2. The fourth-order valence-electron chi connectivity index (χ4n) is 0.247. The van der Waals surface area contributed by atoms with Gasteiger partial charge in [0.05, 0.1) is 19.8 Å². The first-order valence-electron chi connectivity index (χ1n) is 3.83. The quantitative estimate of drug-likeness (QED) is 0.645. The molecule has 0 aromatic carbocycles. The maximum atomic E-state index is 8.52. The maximum Gasteiger partial charge on any atom is 0.274 e. The van der Waals surface area contributed by atoms with Crippen molar-refractivity contribution >= 4 is 19.0 Å².